The molecule has 0 saturated carbocycles. The average molecular weight is 538 g/mol. The number of hydrogen-bond donors (Lipinski definition) is 1. The summed E-state index contributed by atoms with van der Waals surface area (Å²) in [5, 5.41) is 32.6. The van der Waals surface area contributed by atoms with Gasteiger partial charge in [0.2, 0.25) is 5.89 Å². The van der Waals surface area contributed by atoms with Gasteiger partial charge in [-0.1, -0.05) is 18.2 Å². The van der Waals surface area contributed by atoms with Crippen molar-refractivity contribution >= 4 is 40.3 Å². The SMILES string of the molecule is Cc1ccc2oc(-c3cc(N=Cc4cccc(OC(=O)c5cc([N+](=O)[O-])cc([N+](=O)[O-])c5)c4)ccc3O)nc2c1. The molecule has 5 rings (SSSR count). The number of ether oxygens (including phenoxy) is 1. The summed E-state index contributed by atoms with van der Waals surface area (Å²) in [6.07, 6.45) is 1.50. The molecule has 1 heterocycles. The van der Waals surface area contributed by atoms with E-state index in [-0.39, 0.29) is 23.0 Å². The van der Waals surface area contributed by atoms with Crippen LogP contribution in [0, 0.1) is 27.2 Å². The number of fused-ring (bicyclic) bond motifs is 1. The normalized spacial score (nSPS) is 11.1. The third-order valence-electron chi connectivity index (χ3n) is 5.74. The number of aryl methyl sites for hydroxylation is 1. The van der Waals surface area contributed by atoms with Crippen molar-refractivity contribution in [1.82, 2.24) is 4.98 Å². The lowest BCUT2D eigenvalue weighted by atomic mass is 10.1. The Morgan fingerprint density at radius 2 is 1.73 bits per heavy atom. The molecule has 0 bridgehead atoms. The number of oxazole rings is 1. The predicted octanol–water partition coefficient (Wildman–Crippen LogP) is 6.30. The summed E-state index contributed by atoms with van der Waals surface area (Å²) in [7, 11) is 0. The van der Waals surface area contributed by atoms with Crippen molar-refractivity contribution in [1.29, 1.82) is 0 Å². The van der Waals surface area contributed by atoms with Gasteiger partial charge in [0, 0.05) is 18.3 Å². The van der Waals surface area contributed by atoms with Gasteiger partial charge in [-0.05, 0) is 60.5 Å². The first-order valence-electron chi connectivity index (χ1n) is 11.7. The highest BCUT2D eigenvalue weighted by Crippen LogP contribution is 2.34. The third-order valence-corrected chi connectivity index (χ3v) is 5.74. The summed E-state index contributed by atoms with van der Waals surface area (Å²) < 4.78 is 11.1. The summed E-state index contributed by atoms with van der Waals surface area (Å²) in [6, 6.07) is 19.1. The standard InChI is InChI=1S/C28H18N4O8/c1-16-5-8-26-24(9-16)30-27(40-26)23-13-19(6-7-25(23)33)29-15-17-3-2-4-22(10-17)39-28(34)18-11-20(31(35)36)14-21(12-18)32(37)38/h2-15,33H,1H3. The van der Waals surface area contributed by atoms with E-state index >= 15 is 0 Å². The number of aromatic hydroxyl groups is 1. The second-order valence-corrected chi connectivity index (χ2v) is 8.66. The molecule has 4 aromatic carbocycles. The number of benzene rings is 4. The zero-order valence-electron chi connectivity index (χ0n) is 20.7. The molecule has 0 aliphatic rings. The zero-order valence-corrected chi connectivity index (χ0v) is 20.7. The van der Waals surface area contributed by atoms with Crippen LogP contribution in [0.3, 0.4) is 0 Å². The van der Waals surface area contributed by atoms with Crippen LogP contribution in [0.25, 0.3) is 22.6 Å². The second-order valence-electron chi connectivity index (χ2n) is 8.66. The Bertz CT molecular complexity index is 1810. The summed E-state index contributed by atoms with van der Waals surface area (Å²) in [5.41, 5.74) is 2.10. The highest BCUT2D eigenvalue weighted by molar-refractivity contribution is 5.93. The van der Waals surface area contributed by atoms with Gasteiger partial charge in [-0.3, -0.25) is 25.2 Å². The van der Waals surface area contributed by atoms with Crippen molar-refractivity contribution in [2.24, 2.45) is 4.99 Å². The van der Waals surface area contributed by atoms with E-state index in [1.54, 1.807) is 30.3 Å². The molecule has 0 aliphatic carbocycles. The molecule has 0 unspecified atom stereocenters. The first-order chi connectivity index (χ1) is 19.2. The van der Waals surface area contributed by atoms with Gasteiger partial charge in [0.25, 0.3) is 11.4 Å². The van der Waals surface area contributed by atoms with Crippen LogP contribution in [0.2, 0.25) is 0 Å². The Kier molecular flexibility index (Phi) is 6.72. The van der Waals surface area contributed by atoms with Crippen molar-refractivity contribution in [2.45, 2.75) is 6.92 Å². The lowest BCUT2D eigenvalue weighted by Gasteiger charge is -2.05. The molecule has 40 heavy (non-hydrogen) atoms. The molecule has 12 heteroatoms. The van der Waals surface area contributed by atoms with Crippen molar-refractivity contribution < 1.29 is 28.9 Å². The van der Waals surface area contributed by atoms with E-state index in [0.29, 0.717) is 27.9 Å². The molecule has 0 radical (unpaired) electrons. The van der Waals surface area contributed by atoms with Gasteiger partial charge in [0.05, 0.1) is 32.7 Å². The molecule has 0 fully saturated rings. The maximum Gasteiger partial charge on any atom is 0.344 e. The maximum atomic E-state index is 12.6. The lowest BCUT2D eigenvalue weighted by Crippen LogP contribution is -2.10. The first-order valence-corrected chi connectivity index (χ1v) is 11.7. The van der Waals surface area contributed by atoms with Crippen molar-refractivity contribution in [3.63, 3.8) is 0 Å². The monoisotopic (exact) mass is 538 g/mol. The number of carbonyl (C=O) groups excluding carboxylic acids is 1. The minimum atomic E-state index is -1.00. The van der Waals surface area contributed by atoms with Crippen molar-refractivity contribution in [3.8, 4) is 23.0 Å². The van der Waals surface area contributed by atoms with Crippen molar-refractivity contribution in [2.75, 3.05) is 0 Å². The number of esters is 1. The molecule has 0 saturated heterocycles. The minimum Gasteiger partial charge on any atom is -0.507 e. The van der Waals surface area contributed by atoms with Gasteiger partial charge in [-0.25, -0.2) is 9.78 Å². The topological polar surface area (TPSA) is 171 Å². The van der Waals surface area contributed by atoms with E-state index in [0.717, 1.165) is 23.8 Å². The molecule has 0 aliphatic heterocycles. The van der Waals surface area contributed by atoms with Gasteiger partial charge in [-0.15, -0.1) is 0 Å². The molecule has 1 N–H and O–H groups in total. The number of rotatable bonds is 7. The summed E-state index contributed by atoms with van der Waals surface area (Å²) >= 11 is 0. The minimum absolute atomic E-state index is 0.0301. The third kappa shape index (κ3) is 5.50. The predicted molar refractivity (Wildman–Crippen MR) is 144 cm³/mol. The van der Waals surface area contributed by atoms with Gasteiger partial charge in [-0.2, -0.15) is 0 Å². The van der Waals surface area contributed by atoms with Crippen LogP contribution in [0.4, 0.5) is 17.1 Å². The second kappa shape index (κ2) is 10.5. The van der Waals surface area contributed by atoms with Gasteiger partial charge >= 0.3 is 5.97 Å². The summed E-state index contributed by atoms with van der Waals surface area (Å²) in [5.74, 6) is -0.697. The number of carbonyl (C=O) groups is 1. The van der Waals surface area contributed by atoms with Crippen LogP contribution in [0.1, 0.15) is 21.5 Å². The van der Waals surface area contributed by atoms with Gasteiger partial charge < -0.3 is 14.3 Å². The number of nitro benzene ring substituents is 2. The van der Waals surface area contributed by atoms with E-state index in [1.165, 1.54) is 24.4 Å². The highest BCUT2D eigenvalue weighted by atomic mass is 16.6. The summed E-state index contributed by atoms with van der Waals surface area (Å²) in [6.45, 7) is 1.94. The Balaban J connectivity index is 1.36. The number of nitrogens with zero attached hydrogens (tertiary/aromatic N) is 4. The van der Waals surface area contributed by atoms with Crippen LogP contribution in [0.5, 0.6) is 11.5 Å². The number of aromatic nitrogens is 1. The number of non-ortho nitro benzene ring substituents is 2. The van der Waals surface area contributed by atoms with E-state index in [4.69, 9.17) is 9.15 Å². The quantitative estimate of drug-likeness (QED) is 0.0821. The zero-order chi connectivity index (χ0) is 28.4. The van der Waals surface area contributed by atoms with Crippen LogP contribution in [-0.2, 0) is 0 Å². The van der Waals surface area contributed by atoms with E-state index in [1.807, 2.05) is 19.1 Å². The van der Waals surface area contributed by atoms with E-state index in [2.05, 4.69) is 9.98 Å². The Morgan fingerprint density at radius 3 is 2.45 bits per heavy atom. The van der Waals surface area contributed by atoms with Crippen molar-refractivity contribution in [3.05, 3.63) is 116 Å². The molecular weight excluding hydrogens is 520 g/mol. The average Bonchev–Trinajstić information content (AvgIpc) is 3.35. The fourth-order valence-electron chi connectivity index (χ4n) is 3.83. The van der Waals surface area contributed by atoms with E-state index in [9.17, 15) is 30.1 Å². The summed E-state index contributed by atoms with van der Waals surface area (Å²) in [4.78, 5) is 42.0. The fraction of sp³-hybridized carbons (Fsp3) is 0.0357. The number of phenols is 1. The van der Waals surface area contributed by atoms with Crippen LogP contribution in [0.15, 0.2) is 88.3 Å². The van der Waals surface area contributed by atoms with Gasteiger partial charge in [0.15, 0.2) is 5.58 Å². The molecule has 12 nitrogen and oxygen atoms in total. The highest BCUT2D eigenvalue weighted by Gasteiger charge is 2.21. The number of nitro groups is 2. The first kappa shape index (κ1) is 25.7. The Morgan fingerprint density at radius 1 is 0.975 bits per heavy atom. The van der Waals surface area contributed by atoms with E-state index < -0.39 is 27.2 Å². The molecule has 5 aromatic rings. The molecule has 0 atom stereocenters. The molecule has 198 valence electrons. The number of phenolic OH excluding ortho intramolecular Hbond substituents is 1. The smallest absolute Gasteiger partial charge is 0.344 e. The molecular formula is C28H18N4O8. The largest absolute Gasteiger partial charge is 0.507 e. The number of hydrogen-bond acceptors (Lipinski definition) is 10. The fourth-order valence-corrected chi connectivity index (χ4v) is 3.83. The maximum absolute atomic E-state index is 12.6. The Hall–Kier alpha value is -5.91. The molecule has 0 amide bonds. The van der Waals surface area contributed by atoms with Crippen LogP contribution >= 0.6 is 0 Å². The molecule has 1 aromatic heterocycles. The van der Waals surface area contributed by atoms with Crippen LogP contribution in [-0.4, -0.2) is 32.1 Å². The Labute approximate surface area is 225 Å². The van der Waals surface area contributed by atoms with Crippen LogP contribution < -0.4 is 4.74 Å². The lowest BCUT2D eigenvalue weighted by molar-refractivity contribution is -0.394. The number of aliphatic imine (C=N–C) groups is 1. The molecule has 0 spiro atoms. The van der Waals surface area contributed by atoms with Gasteiger partial charge in [0.1, 0.15) is 17.0 Å².